The molecule has 0 atom stereocenters. The number of aryl methyl sites for hydroxylation is 1. The highest BCUT2D eigenvalue weighted by molar-refractivity contribution is 5.89. The number of aliphatic hydroxyl groups excluding tert-OH is 1. The first kappa shape index (κ1) is 12.8. The lowest BCUT2D eigenvalue weighted by Crippen LogP contribution is -2.37. The van der Waals surface area contributed by atoms with Crippen LogP contribution in [0.25, 0.3) is 0 Å². The largest absolute Gasteiger partial charge is 0.478 e. The minimum atomic E-state index is -0.948. The second-order valence-electron chi connectivity index (χ2n) is 4.98. The average Bonchev–Trinajstić information content (AvgIpc) is 2.26. The van der Waals surface area contributed by atoms with E-state index in [9.17, 15) is 9.90 Å². The van der Waals surface area contributed by atoms with Gasteiger partial charge in [0.1, 0.15) is 5.82 Å². The number of pyridine rings is 1. The quantitative estimate of drug-likeness (QED) is 0.842. The Bertz CT molecular complexity index is 456. The van der Waals surface area contributed by atoms with Gasteiger partial charge in [-0.1, -0.05) is 0 Å². The maximum Gasteiger partial charge on any atom is 0.337 e. The van der Waals surface area contributed by atoms with Crippen molar-refractivity contribution in [2.75, 3.05) is 18.5 Å². The summed E-state index contributed by atoms with van der Waals surface area (Å²) in [5.41, 5.74) is 0.770. The summed E-state index contributed by atoms with van der Waals surface area (Å²) in [6, 6.07) is 3.32. The molecule has 0 unspecified atom stereocenters. The number of aromatic nitrogens is 1. The Morgan fingerprint density at radius 2 is 2.17 bits per heavy atom. The molecule has 1 heterocycles. The molecule has 2 N–H and O–H groups in total. The number of anilines is 1. The molecule has 1 aromatic rings. The Kier molecular flexibility index (Phi) is 3.52. The van der Waals surface area contributed by atoms with Crippen LogP contribution in [0.1, 0.15) is 28.9 Å². The zero-order valence-electron chi connectivity index (χ0n) is 10.6. The number of carboxylic acids is 1. The van der Waals surface area contributed by atoms with Crippen molar-refractivity contribution in [3.05, 3.63) is 23.4 Å². The lowest BCUT2D eigenvalue weighted by atomic mass is 9.82. The maximum atomic E-state index is 10.9. The fourth-order valence-electron chi connectivity index (χ4n) is 2.32. The molecule has 0 saturated heterocycles. The zero-order valence-corrected chi connectivity index (χ0v) is 10.6. The molecule has 0 amide bonds. The third kappa shape index (κ3) is 2.61. The van der Waals surface area contributed by atoms with Crippen molar-refractivity contribution in [3.63, 3.8) is 0 Å². The van der Waals surface area contributed by atoms with Gasteiger partial charge in [-0.25, -0.2) is 9.78 Å². The Hall–Kier alpha value is -1.62. The lowest BCUT2D eigenvalue weighted by molar-refractivity contribution is 0.0464. The van der Waals surface area contributed by atoms with Crippen LogP contribution in [-0.2, 0) is 0 Å². The molecule has 18 heavy (non-hydrogen) atoms. The Balaban J connectivity index is 2.04. The minimum absolute atomic E-state index is 0.146. The molecule has 2 rings (SSSR count). The molecular formula is C13H18N2O3. The Labute approximate surface area is 106 Å². The van der Waals surface area contributed by atoms with Gasteiger partial charge < -0.3 is 15.1 Å². The van der Waals surface area contributed by atoms with Crippen LogP contribution in [0.5, 0.6) is 0 Å². The van der Waals surface area contributed by atoms with E-state index in [2.05, 4.69) is 4.98 Å². The van der Waals surface area contributed by atoms with Crippen molar-refractivity contribution in [2.45, 2.75) is 25.9 Å². The summed E-state index contributed by atoms with van der Waals surface area (Å²) in [5, 5.41) is 18.2. The van der Waals surface area contributed by atoms with Gasteiger partial charge >= 0.3 is 5.97 Å². The summed E-state index contributed by atoms with van der Waals surface area (Å²) < 4.78 is 0. The van der Waals surface area contributed by atoms with Crippen molar-refractivity contribution in [1.29, 1.82) is 0 Å². The molecule has 0 aliphatic heterocycles. The second kappa shape index (κ2) is 4.94. The van der Waals surface area contributed by atoms with Gasteiger partial charge in [-0.3, -0.25) is 0 Å². The summed E-state index contributed by atoms with van der Waals surface area (Å²) in [7, 11) is 1.94. The first-order chi connectivity index (χ1) is 8.47. The summed E-state index contributed by atoms with van der Waals surface area (Å²) in [6.07, 6.45) is 1.54. The number of rotatable bonds is 4. The molecule has 0 bridgehead atoms. The normalized spacial score (nSPS) is 22.4. The van der Waals surface area contributed by atoms with E-state index in [4.69, 9.17) is 5.11 Å². The topological polar surface area (TPSA) is 73.7 Å². The van der Waals surface area contributed by atoms with Crippen LogP contribution < -0.4 is 4.90 Å². The molecule has 1 aromatic heterocycles. The van der Waals surface area contributed by atoms with E-state index in [0.29, 0.717) is 11.6 Å². The SMILES string of the molecule is Cc1nc(N(C)CC2CC(O)C2)ccc1C(=O)O. The zero-order chi connectivity index (χ0) is 13.3. The highest BCUT2D eigenvalue weighted by Gasteiger charge is 2.28. The fourth-order valence-corrected chi connectivity index (χ4v) is 2.32. The number of nitrogens with zero attached hydrogens (tertiary/aromatic N) is 2. The van der Waals surface area contributed by atoms with E-state index in [1.807, 2.05) is 11.9 Å². The van der Waals surface area contributed by atoms with Crippen molar-refractivity contribution in [1.82, 2.24) is 4.98 Å². The van der Waals surface area contributed by atoms with Gasteiger partial charge in [-0.2, -0.15) is 0 Å². The van der Waals surface area contributed by atoms with Crippen molar-refractivity contribution in [2.24, 2.45) is 5.92 Å². The van der Waals surface area contributed by atoms with Gasteiger partial charge in [-0.15, -0.1) is 0 Å². The molecule has 0 aromatic carbocycles. The van der Waals surface area contributed by atoms with Crippen LogP contribution in [0.15, 0.2) is 12.1 Å². The first-order valence-corrected chi connectivity index (χ1v) is 6.07. The number of aliphatic hydroxyl groups is 1. The van der Waals surface area contributed by atoms with E-state index < -0.39 is 5.97 Å². The second-order valence-corrected chi connectivity index (χ2v) is 4.98. The van der Waals surface area contributed by atoms with E-state index in [-0.39, 0.29) is 11.7 Å². The molecule has 0 radical (unpaired) electrons. The van der Waals surface area contributed by atoms with Crippen LogP contribution in [0, 0.1) is 12.8 Å². The van der Waals surface area contributed by atoms with Gasteiger partial charge in [0.15, 0.2) is 0 Å². The highest BCUT2D eigenvalue weighted by Crippen LogP contribution is 2.28. The third-order valence-electron chi connectivity index (χ3n) is 3.44. The van der Waals surface area contributed by atoms with E-state index >= 15 is 0 Å². The molecule has 98 valence electrons. The first-order valence-electron chi connectivity index (χ1n) is 6.07. The number of hydrogen-bond donors (Lipinski definition) is 2. The van der Waals surface area contributed by atoms with Crippen LogP contribution in [0.2, 0.25) is 0 Å². The van der Waals surface area contributed by atoms with Crippen LogP contribution in [0.4, 0.5) is 5.82 Å². The van der Waals surface area contributed by atoms with Gasteiger partial charge in [0.2, 0.25) is 0 Å². The van der Waals surface area contributed by atoms with Crippen molar-refractivity contribution < 1.29 is 15.0 Å². The number of carboxylic acid groups (broad SMARTS) is 1. The molecule has 5 nitrogen and oxygen atoms in total. The predicted octanol–water partition coefficient (Wildman–Crippen LogP) is 1.30. The molecular weight excluding hydrogens is 232 g/mol. The summed E-state index contributed by atoms with van der Waals surface area (Å²) in [5.74, 6) is 0.335. The minimum Gasteiger partial charge on any atom is -0.478 e. The van der Waals surface area contributed by atoms with E-state index in [1.54, 1.807) is 19.1 Å². The van der Waals surface area contributed by atoms with Gasteiger partial charge in [-0.05, 0) is 37.8 Å². The molecule has 1 fully saturated rings. The summed E-state index contributed by atoms with van der Waals surface area (Å²) in [4.78, 5) is 17.2. The molecule has 5 heteroatoms. The smallest absolute Gasteiger partial charge is 0.337 e. The number of hydrogen-bond acceptors (Lipinski definition) is 4. The van der Waals surface area contributed by atoms with Crippen LogP contribution in [0.3, 0.4) is 0 Å². The fraction of sp³-hybridized carbons (Fsp3) is 0.538. The maximum absolute atomic E-state index is 10.9. The van der Waals surface area contributed by atoms with Gasteiger partial charge in [0, 0.05) is 13.6 Å². The number of aromatic carboxylic acids is 1. The highest BCUT2D eigenvalue weighted by atomic mass is 16.4. The lowest BCUT2D eigenvalue weighted by Gasteiger charge is -2.34. The van der Waals surface area contributed by atoms with Crippen molar-refractivity contribution >= 4 is 11.8 Å². The van der Waals surface area contributed by atoms with Crippen LogP contribution >= 0.6 is 0 Å². The van der Waals surface area contributed by atoms with E-state index in [0.717, 1.165) is 25.2 Å². The molecule has 1 saturated carbocycles. The van der Waals surface area contributed by atoms with Gasteiger partial charge in [0.05, 0.1) is 17.4 Å². The molecule has 1 aliphatic rings. The van der Waals surface area contributed by atoms with Gasteiger partial charge in [0.25, 0.3) is 0 Å². The Morgan fingerprint density at radius 1 is 1.50 bits per heavy atom. The monoisotopic (exact) mass is 250 g/mol. The van der Waals surface area contributed by atoms with Crippen molar-refractivity contribution in [3.8, 4) is 0 Å². The molecule has 1 aliphatic carbocycles. The summed E-state index contributed by atoms with van der Waals surface area (Å²) >= 11 is 0. The third-order valence-corrected chi connectivity index (χ3v) is 3.44. The standard InChI is InChI=1S/C13H18N2O3/c1-8-11(13(17)18)3-4-12(14-8)15(2)7-9-5-10(16)6-9/h3-4,9-10,16H,5-7H2,1-2H3,(H,17,18). The van der Waals surface area contributed by atoms with E-state index in [1.165, 1.54) is 0 Å². The number of carbonyl (C=O) groups is 1. The van der Waals surface area contributed by atoms with Crippen LogP contribution in [-0.4, -0.2) is 40.9 Å². The Morgan fingerprint density at radius 3 is 2.67 bits per heavy atom. The average molecular weight is 250 g/mol. The molecule has 0 spiro atoms. The predicted molar refractivity (Wildman–Crippen MR) is 67.9 cm³/mol. The summed E-state index contributed by atoms with van der Waals surface area (Å²) in [6.45, 7) is 2.55.